The molecule has 1 heterocycles. The predicted octanol–water partition coefficient (Wildman–Crippen LogP) is 2.10. The van der Waals surface area contributed by atoms with E-state index in [2.05, 4.69) is 4.90 Å². The van der Waals surface area contributed by atoms with Crippen molar-refractivity contribution in [3.63, 3.8) is 0 Å². The Morgan fingerprint density at radius 2 is 1.68 bits per heavy atom. The van der Waals surface area contributed by atoms with Gasteiger partial charge in [-0.3, -0.25) is 0 Å². The van der Waals surface area contributed by atoms with E-state index in [0.29, 0.717) is 0 Å². The van der Waals surface area contributed by atoms with E-state index in [9.17, 15) is 5.11 Å². The molecular weight excluding hydrogens is 236 g/mol. The van der Waals surface area contributed by atoms with E-state index in [0.717, 1.165) is 18.5 Å². The minimum absolute atomic E-state index is 0.00481. The number of nitrogens with two attached hydrogens (primary N) is 1. The summed E-state index contributed by atoms with van der Waals surface area (Å²) in [6.45, 7) is 3.34. The fraction of sp³-hybridized carbons (Fsp3) is 0.625. The molecule has 1 saturated heterocycles. The molecule has 106 valence electrons. The number of nitrogens with zero attached hydrogens (tertiary/aromatic N) is 1. The molecule has 3 nitrogen and oxygen atoms in total. The molecule has 0 radical (unpaired) electrons. The monoisotopic (exact) mass is 262 g/mol. The first-order valence-corrected chi connectivity index (χ1v) is 7.42. The van der Waals surface area contributed by atoms with E-state index < -0.39 is 5.54 Å². The fourth-order valence-corrected chi connectivity index (χ4v) is 2.80. The van der Waals surface area contributed by atoms with E-state index in [1.54, 1.807) is 0 Å². The summed E-state index contributed by atoms with van der Waals surface area (Å²) in [7, 11) is 0. The van der Waals surface area contributed by atoms with Crippen LogP contribution in [0.1, 0.15) is 37.7 Å². The minimum Gasteiger partial charge on any atom is -0.394 e. The molecule has 19 heavy (non-hydrogen) atoms. The number of benzene rings is 1. The average Bonchev–Trinajstić information content (AvgIpc) is 2.74. The molecule has 1 aromatic rings. The lowest BCUT2D eigenvalue weighted by atomic mass is 9.88. The molecule has 1 atom stereocenters. The Labute approximate surface area is 116 Å². The average molecular weight is 262 g/mol. The van der Waals surface area contributed by atoms with Gasteiger partial charge in [-0.2, -0.15) is 0 Å². The van der Waals surface area contributed by atoms with Gasteiger partial charge in [-0.1, -0.05) is 43.2 Å². The second kappa shape index (κ2) is 7.04. The van der Waals surface area contributed by atoms with E-state index >= 15 is 0 Å². The van der Waals surface area contributed by atoms with Crippen molar-refractivity contribution in [1.82, 2.24) is 4.90 Å². The van der Waals surface area contributed by atoms with Gasteiger partial charge in [0.05, 0.1) is 12.1 Å². The zero-order valence-corrected chi connectivity index (χ0v) is 11.7. The molecule has 1 fully saturated rings. The van der Waals surface area contributed by atoms with Crippen molar-refractivity contribution in [1.29, 1.82) is 0 Å². The highest BCUT2D eigenvalue weighted by Crippen LogP contribution is 2.22. The largest absolute Gasteiger partial charge is 0.394 e. The second-order valence-corrected chi connectivity index (χ2v) is 5.69. The van der Waals surface area contributed by atoms with Gasteiger partial charge >= 0.3 is 0 Å². The highest BCUT2D eigenvalue weighted by atomic mass is 16.3. The predicted molar refractivity (Wildman–Crippen MR) is 78.9 cm³/mol. The molecule has 1 aromatic carbocycles. The van der Waals surface area contributed by atoms with Crippen molar-refractivity contribution >= 4 is 0 Å². The standard InChI is InChI=1S/C16H26N2O/c17-16(14-19,15-8-4-3-5-9-15)10-13-18-11-6-1-2-7-12-18/h3-5,8-9,19H,1-2,6-7,10-14,17H2. The molecule has 0 spiro atoms. The van der Waals surface area contributed by atoms with E-state index in [4.69, 9.17) is 5.73 Å². The summed E-state index contributed by atoms with van der Waals surface area (Å²) in [6, 6.07) is 9.98. The Hall–Kier alpha value is -0.900. The maximum Gasteiger partial charge on any atom is 0.0656 e. The van der Waals surface area contributed by atoms with Crippen molar-refractivity contribution in [2.75, 3.05) is 26.2 Å². The topological polar surface area (TPSA) is 49.5 Å². The quantitative estimate of drug-likeness (QED) is 0.854. The Bertz CT molecular complexity index is 360. The summed E-state index contributed by atoms with van der Waals surface area (Å²) in [5, 5.41) is 9.68. The second-order valence-electron chi connectivity index (χ2n) is 5.69. The minimum atomic E-state index is -0.604. The van der Waals surface area contributed by atoms with Gasteiger partial charge in [-0.15, -0.1) is 0 Å². The zero-order valence-electron chi connectivity index (χ0n) is 11.7. The maximum absolute atomic E-state index is 9.68. The maximum atomic E-state index is 9.68. The lowest BCUT2D eigenvalue weighted by molar-refractivity contribution is 0.164. The Kier molecular flexibility index (Phi) is 5.37. The van der Waals surface area contributed by atoms with Crippen LogP contribution in [-0.4, -0.2) is 36.2 Å². The van der Waals surface area contributed by atoms with Gasteiger partial charge in [0.15, 0.2) is 0 Å². The Balaban J connectivity index is 1.94. The van der Waals surface area contributed by atoms with E-state index in [1.165, 1.54) is 38.8 Å². The van der Waals surface area contributed by atoms with Gasteiger partial charge in [-0.25, -0.2) is 0 Å². The normalized spacial score (nSPS) is 20.7. The van der Waals surface area contributed by atoms with Crippen LogP contribution in [0.15, 0.2) is 30.3 Å². The van der Waals surface area contributed by atoms with Gasteiger partial charge < -0.3 is 15.7 Å². The first-order valence-electron chi connectivity index (χ1n) is 7.42. The lowest BCUT2D eigenvalue weighted by Gasteiger charge is -2.31. The van der Waals surface area contributed by atoms with Crippen molar-refractivity contribution in [2.24, 2.45) is 5.73 Å². The van der Waals surface area contributed by atoms with Crippen LogP contribution >= 0.6 is 0 Å². The van der Waals surface area contributed by atoms with Crippen molar-refractivity contribution in [3.8, 4) is 0 Å². The third-order valence-electron chi connectivity index (χ3n) is 4.20. The van der Waals surface area contributed by atoms with Gasteiger partial charge in [0, 0.05) is 6.54 Å². The molecule has 1 aliphatic rings. The van der Waals surface area contributed by atoms with Gasteiger partial charge in [-0.05, 0) is 37.9 Å². The number of aliphatic hydroxyl groups is 1. The van der Waals surface area contributed by atoms with Crippen LogP contribution in [0.25, 0.3) is 0 Å². The summed E-state index contributed by atoms with van der Waals surface area (Å²) in [6.07, 6.45) is 6.10. The van der Waals surface area contributed by atoms with E-state index in [1.807, 2.05) is 30.3 Å². The Morgan fingerprint density at radius 1 is 1.05 bits per heavy atom. The molecule has 0 bridgehead atoms. The van der Waals surface area contributed by atoms with Crippen LogP contribution in [0.5, 0.6) is 0 Å². The summed E-state index contributed by atoms with van der Waals surface area (Å²) < 4.78 is 0. The number of hydrogen-bond donors (Lipinski definition) is 2. The van der Waals surface area contributed by atoms with Gasteiger partial charge in [0.1, 0.15) is 0 Å². The summed E-state index contributed by atoms with van der Waals surface area (Å²) >= 11 is 0. The molecule has 1 aliphatic heterocycles. The van der Waals surface area contributed by atoms with Crippen molar-refractivity contribution in [2.45, 2.75) is 37.6 Å². The lowest BCUT2D eigenvalue weighted by Crippen LogP contribution is -2.43. The molecule has 0 aliphatic carbocycles. The van der Waals surface area contributed by atoms with Crippen LogP contribution in [0.4, 0.5) is 0 Å². The summed E-state index contributed by atoms with van der Waals surface area (Å²) in [5.41, 5.74) is 6.83. The molecular formula is C16H26N2O. The molecule has 0 amide bonds. The van der Waals surface area contributed by atoms with Crippen LogP contribution in [0, 0.1) is 0 Å². The Morgan fingerprint density at radius 3 is 2.26 bits per heavy atom. The highest BCUT2D eigenvalue weighted by molar-refractivity contribution is 5.24. The number of likely N-dealkylation sites (tertiary alicyclic amines) is 1. The van der Waals surface area contributed by atoms with Crippen LogP contribution < -0.4 is 5.73 Å². The number of rotatable bonds is 5. The smallest absolute Gasteiger partial charge is 0.0656 e. The highest BCUT2D eigenvalue weighted by Gasteiger charge is 2.27. The molecule has 1 unspecified atom stereocenters. The van der Waals surface area contributed by atoms with Gasteiger partial charge in [0.25, 0.3) is 0 Å². The van der Waals surface area contributed by atoms with E-state index in [-0.39, 0.29) is 6.61 Å². The van der Waals surface area contributed by atoms with Gasteiger partial charge in [0.2, 0.25) is 0 Å². The van der Waals surface area contributed by atoms with Crippen LogP contribution in [0.3, 0.4) is 0 Å². The molecule has 2 rings (SSSR count). The number of hydrogen-bond acceptors (Lipinski definition) is 3. The number of aliphatic hydroxyl groups excluding tert-OH is 1. The summed E-state index contributed by atoms with van der Waals surface area (Å²) in [5.74, 6) is 0. The fourth-order valence-electron chi connectivity index (χ4n) is 2.80. The first-order chi connectivity index (χ1) is 9.24. The van der Waals surface area contributed by atoms with Crippen molar-refractivity contribution in [3.05, 3.63) is 35.9 Å². The third-order valence-corrected chi connectivity index (χ3v) is 4.20. The van der Waals surface area contributed by atoms with Crippen LogP contribution in [0.2, 0.25) is 0 Å². The van der Waals surface area contributed by atoms with Crippen molar-refractivity contribution < 1.29 is 5.11 Å². The molecule has 3 heteroatoms. The SMILES string of the molecule is NC(CO)(CCN1CCCCCC1)c1ccccc1. The zero-order chi connectivity index (χ0) is 13.6. The molecule has 3 N–H and O–H groups in total. The molecule has 0 saturated carbocycles. The first kappa shape index (κ1) is 14.5. The third kappa shape index (κ3) is 4.03. The van der Waals surface area contributed by atoms with Crippen LogP contribution in [-0.2, 0) is 5.54 Å². The molecule has 0 aromatic heterocycles. The summed E-state index contributed by atoms with van der Waals surface area (Å²) in [4.78, 5) is 2.49.